The van der Waals surface area contributed by atoms with E-state index in [1.165, 1.54) is 33.4 Å². The van der Waals surface area contributed by atoms with E-state index in [1.807, 2.05) is 0 Å². The minimum Gasteiger partial charge on any atom is -0.356 e. The lowest BCUT2D eigenvalue weighted by Crippen LogP contribution is -2.17. The maximum Gasteiger partial charge on any atom is 0.0803 e. The van der Waals surface area contributed by atoms with E-state index in [0.29, 0.717) is 0 Å². The smallest absolute Gasteiger partial charge is 0.0803 e. The number of anilines is 2. The second-order valence-electron chi connectivity index (χ2n) is 9.90. The number of rotatable bonds is 4. The zero-order valence-corrected chi connectivity index (χ0v) is 19.2. The lowest BCUT2D eigenvalue weighted by molar-refractivity contribution is 0.660. The van der Waals surface area contributed by atoms with Crippen molar-refractivity contribution in [3.8, 4) is 22.3 Å². The Kier molecular flexibility index (Phi) is 4.78. The van der Waals surface area contributed by atoms with E-state index in [0.717, 1.165) is 16.9 Å². The number of fused-ring (bicyclic) bond motifs is 3. The number of hydrogen-bond donors (Lipinski definition) is 1. The second kappa shape index (κ2) is 7.41. The van der Waals surface area contributed by atoms with E-state index >= 15 is 0 Å². The number of nitrogens with one attached hydrogen (secondary N) is 1. The Hall–Kier alpha value is -3.26. The average molecular weight is 413 g/mol. The molecule has 0 amide bonds. The first-order chi connectivity index (χ1) is 15.2. The Morgan fingerprint density at radius 1 is 0.656 bits per heavy atom. The molecule has 0 aliphatic heterocycles. The zero-order chi connectivity index (χ0) is 22.5. The fraction of sp³-hybridized carbons (Fsp3) is 0.200. The molecule has 156 valence electrons. The first-order valence-corrected chi connectivity index (χ1v) is 11.3. The maximum atomic E-state index is 6.41. The summed E-state index contributed by atoms with van der Waals surface area (Å²) < 4.78 is 0. The van der Waals surface area contributed by atoms with Crippen LogP contribution in [-0.2, 0) is 10.7 Å². The number of hydrogen-bond acceptors (Lipinski definition) is 1. The Morgan fingerprint density at radius 3 is 1.97 bits per heavy atom. The largest absolute Gasteiger partial charge is 0.356 e. The molecule has 1 aliphatic rings. The van der Waals surface area contributed by atoms with Crippen LogP contribution in [0.5, 0.6) is 0 Å². The molecule has 0 unspecified atom stereocenters. The van der Waals surface area contributed by atoms with Crippen molar-refractivity contribution < 1.29 is 0 Å². The van der Waals surface area contributed by atoms with E-state index in [9.17, 15) is 0 Å². The molecule has 0 saturated heterocycles. The van der Waals surface area contributed by atoms with E-state index in [1.54, 1.807) is 0 Å². The summed E-state index contributed by atoms with van der Waals surface area (Å²) in [5, 5.41) is 3.20. The molecule has 0 aromatic heterocycles. The third-order valence-corrected chi connectivity index (χ3v) is 6.69. The van der Waals surface area contributed by atoms with Gasteiger partial charge in [0.15, 0.2) is 0 Å². The molecule has 0 fully saturated rings. The van der Waals surface area contributed by atoms with Gasteiger partial charge in [0.2, 0.25) is 0 Å². The van der Waals surface area contributed by atoms with Gasteiger partial charge in [-0.15, -0.1) is 0 Å². The van der Waals surface area contributed by atoms with Crippen LogP contribution in [0.2, 0.25) is 0 Å². The predicted molar refractivity (Wildman–Crippen MR) is 138 cm³/mol. The van der Waals surface area contributed by atoms with Crippen molar-refractivity contribution in [2.45, 2.75) is 38.4 Å². The van der Waals surface area contributed by atoms with Crippen LogP contribution in [-0.4, -0.2) is 7.85 Å². The van der Waals surface area contributed by atoms with Crippen LogP contribution in [0, 0.1) is 0 Å². The molecular weight excluding hydrogens is 385 g/mol. The van der Waals surface area contributed by atoms with Crippen molar-refractivity contribution in [2.75, 3.05) is 5.32 Å². The Labute approximate surface area is 192 Å². The van der Waals surface area contributed by atoms with Gasteiger partial charge in [-0.25, -0.2) is 0 Å². The van der Waals surface area contributed by atoms with E-state index < -0.39 is 0 Å². The summed E-state index contributed by atoms with van der Waals surface area (Å²) >= 11 is 0. The molecule has 1 N–H and O–H groups in total. The van der Waals surface area contributed by atoms with Crippen molar-refractivity contribution in [1.29, 1.82) is 0 Å². The fourth-order valence-corrected chi connectivity index (χ4v) is 4.99. The van der Waals surface area contributed by atoms with Gasteiger partial charge in [-0.3, -0.25) is 0 Å². The van der Waals surface area contributed by atoms with Gasteiger partial charge in [-0.1, -0.05) is 94.4 Å². The molecule has 2 heteroatoms. The van der Waals surface area contributed by atoms with Crippen LogP contribution in [0.25, 0.3) is 22.3 Å². The van der Waals surface area contributed by atoms with Crippen molar-refractivity contribution in [1.82, 2.24) is 0 Å². The third kappa shape index (κ3) is 3.44. The van der Waals surface area contributed by atoms with Gasteiger partial charge < -0.3 is 5.32 Å². The molecule has 4 aromatic rings. The lowest BCUT2D eigenvalue weighted by atomic mass is 9.65. The van der Waals surface area contributed by atoms with Crippen LogP contribution >= 0.6 is 0 Å². The molecule has 4 aromatic carbocycles. The lowest BCUT2D eigenvalue weighted by Gasteiger charge is -2.23. The Balaban J connectivity index is 1.44. The molecule has 0 heterocycles. The van der Waals surface area contributed by atoms with Gasteiger partial charge in [-0.2, -0.15) is 0 Å². The van der Waals surface area contributed by atoms with Gasteiger partial charge >= 0.3 is 0 Å². The van der Waals surface area contributed by atoms with Crippen molar-refractivity contribution in [3.63, 3.8) is 0 Å². The first-order valence-electron chi connectivity index (χ1n) is 11.3. The molecular formula is C30H28BN. The molecule has 5 rings (SSSR count). The number of benzene rings is 4. The summed E-state index contributed by atoms with van der Waals surface area (Å²) in [6, 6.07) is 32.5. The Morgan fingerprint density at radius 2 is 1.25 bits per heavy atom. The SMILES string of the molecule is [B]C(C)(C)c1ccccc1-c1ccc(Nc2ccc3c(c2)-c2ccccc2C3(C)C)cc1. The highest BCUT2D eigenvalue weighted by Gasteiger charge is 2.34. The first kappa shape index (κ1) is 20.6. The highest BCUT2D eigenvalue weighted by Crippen LogP contribution is 2.49. The van der Waals surface area contributed by atoms with Gasteiger partial charge in [0.1, 0.15) is 0 Å². The molecule has 0 bridgehead atoms. The standard InChI is InChI=1S/C30H28BN/c1-29(2)26-11-7-6-10-24(26)25-19-22(17-18-27(25)29)32-21-15-13-20(14-16-21)23-9-5-8-12-28(23)30(3,4)31/h5-19,32H,1-4H3. The predicted octanol–water partition coefficient (Wildman–Crippen LogP) is 7.81. The van der Waals surface area contributed by atoms with Crippen LogP contribution < -0.4 is 5.32 Å². The molecule has 2 radical (unpaired) electrons. The van der Waals surface area contributed by atoms with E-state index in [-0.39, 0.29) is 10.7 Å². The van der Waals surface area contributed by atoms with Gasteiger partial charge in [0.05, 0.1) is 7.85 Å². The molecule has 1 aliphatic carbocycles. The molecule has 0 saturated carbocycles. The highest BCUT2D eigenvalue weighted by atomic mass is 14.9. The summed E-state index contributed by atoms with van der Waals surface area (Å²) in [4.78, 5) is 0. The fourth-order valence-electron chi connectivity index (χ4n) is 4.99. The minimum absolute atomic E-state index is 0.0380. The molecule has 32 heavy (non-hydrogen) atoms. The molecule has 0 spiro atoms. The van der Waals surface area contributed by atoms with Crippen LogP contribution in [0.1, 0.15) is 44.4 Å². The highest BCUT2D eigenvalue weighted by molar-refractivity contribution is 6.16. The quantitative estimate of drug-likeness (QED) is 0.337. The van der Waals surface area contributed by atoms with E-state index in [2.05, 4.69) is 124 Å². The third-order valence-electron chi connectivity index (χ3n) is 6.69. The Bertz CT molecular complexity index is 1290. The van der Waals surface area contributed by atoms with Crippen LogP contribution in [0.4, 0.5) is 11.4 Å². The molecule has 1 nitrogen and oxygen atoms in total. The summed E-state index contributed by atoms with van der Waals surface area (Å²) in [7, 11) is 6.41. The normalized spacial score (nSPS) is 14.0. The van der Waals surface area contributed by atoms with Crippen molar-refractivity contribution in [3.05, 3.63) is 108 Å². The van der Waals surface area contributed by atoms with Gasteiger partial charge in [-0.05, 0) is 68.5 Å². The average Bonchev–Trinajstić information content (AvgIpc) is 3.01. The summed E-state index contributed by atoms with van der Waals surface area (Å²) in [5.74, 6) is 0. The van der Waals surface area contributed by atoms with Crippen molar-refractivity contribution in [2.24, 2.45) is 0 Å². The van der Waals surface area contributed by atoms with E-state index in [4.69, 9.17) is 7.85 Å². The summed E-state index contributed by atoms with van der Waals surface area (Å²) in [6.07, 6.45) is 0. The summed E-state index contributed by atoms with van der Waals surface area (Å²) in [5.41, 5.74) is 11.2. The monoisotopic (exact) mass is 413 g/mol. The van der Waals surface area contributed by atoms with Gasteiger partial charge in [0.25, 0.3) is 0 Å². The topological polar surface area (TPSA) is 12.0 Å². The van der Waals surface area contributed by atoms with Crippen molar-refractivity contribution >= 4 is 19.2 Å². The minimum atomic E-state index is -0.387. The summed E-state index contributed by atoms with van der Waals surface area (Å²) in [6.45, 7) is 8.72. The van der Waals surface area contributed by atoms with Crippen LogP contribution in [0.3, 0.4) is 0 Å². The van der Waals surface area contributed by atoms with Gasteiger partial charge in [0, 0.05) is 16.8 Å². The second-order valence-corrected chi connectivity index (χ2v) is 9.90. The maximum absolute atomic E-state index is 6.41. The van der Waals surface area contributed by atoms with Crippen LogP contribution in [0.15, 0.2) is 91.0 Å². The zero-order valence-electron chi connectivity index (χ0n) is 19.2. The molecule has 0 atom stereocenters.